The molecule has 1 aromatic rings. The van der Waals surface area contributed by atoms with E-state index in [2.05, 4.69) is 27.8 Å². The Morgan fingerprint density at radius 1 is 1.09 bits per heavy atom. The van der Waals surface area contributed by atoms with E-state index >= 15 is 0 Å². The summed E-state index contributed by atoms with van der Waals surface area (Å²) in [4.78, 5) is 31.2. The van der Waals surface area contributed by atoms with Gasteiger partial charge < -0.3 is 10.6 Å². The number of hydrogen-bond acceptors (Lipinski definition) is 3. The molecule has 4 aliphatic rings. The first kappa shape index (κ1) is 23.2. The van der Waals surface area contributed by atoms with Crippen LogP contribution in [0.3, 0.4) is 0 Å². The molecule has 1 heterocycles. The molecule has 0 radical (unpaired) electrons. The summed E-state index contributed by atoms with van der Waals surface area (Å²) in [5.74, 6) is 0.798. The van der Waals surface area contributed by atoms with E-state index in [9.17, 15) is 14.0 Å². The fourth-order valence-electron chi connectivity index (χ4n) is 5.62. The third-order valence-corrected chi connectivity index (χ3v) is 7.54. The number of rotatable bonds is 7. The van der Waals surface area contributed by atoms with Gasteiger partial charge in [0.15, 0.2) is 5.96 Å². The molecule has 3 aliphatic carbocycles. The number of imide groups is 1. The lowest BCUT2D eigenvalue weighted by Gasteiger charge is -2.20. The van der Waals surface area contributed by atoms with Crippen LogP contribution >= 0.6 is 24.0 Å². The van der Waals surface area contributed by atoms with Gasteiger partial charge >= 0.3 is 0 Å². The zero-order chi connectivity index (χ0) is 21.6. The van der Waals surface area contributed by atoms with Crippen LogP contribution in [0.5, 0.6) is 0 Å². The maximum Gasteiger partial charge on any atom is 0.233 e. The van der Waals surface area contributed by atoms with Crippen molar-refractivity contribution in [2.24, 2.45) is 28.7 Å². The van der Waals surface area contributed by atoms with Crippen LogP contribution in [0.4, 0.5) is 4.39 Å². The molecule has 1 aliphatic heterocycles. The van der Waals surface area contributed by atoms with Gasteiger partial charge in [0, 0.05) is 32.1 Å². The molecule has 4 unspecified atom stereocenters. The standard InChI is InChI=1S/C24H29FN4O2.HI/c1-26-23(28-14-24(9-10-24)17-5-7-18(25)8-6-17)27-11-2-12-29-21(30)19-15-3-4-16(13-15)20(19)22(29)31;/h3-8,15-16,19-20H,2,9-14H2,1H3,(H2,26,27,28);1H. The van der Waals surface area contributed by atoms with Gasteiger partial charge in [-0.25, -0.2) is 4.39 Å². The number of benzene rings is 1. The van der Waals surface area contributed by atoms with E-state index in [4.69, 9.17) is 0 Å². The quantitative estimate of drug-likeness (QED) is 0.136. The van der Waals surface area contributed by atoms with Crippen molar-refractivity contribution in [2.75, 3.05) is 26.7 Å². The number of allylic oxidation sites excluding steroid dienone is 2. The monoisotopic (exact) mass is 552 g/mol. The summed E-state index contributed by atoms with van der Waals surface area (Å²) in [6, 6.07) is 6.75. The van der Waals surface area contributed by atoms with Crippen LogP contribution in [0.1, 0.15) is 31.2 Å². The third kappa shape index (κ3) is 4.06. The first-order valence-corrected chi connectivity index (χ1v) is 11.3. The highest BCUT2D eigenvalue weighted by Gasteiger charge is 2.58. The minimum atomic E-state index is -0.215. The van der Waals surface area contributed by atoms with Crippen LogP contribution in [-0.2, 0) is 15.0 Å². The smallest absolute Gasteiger partial charge is 0.233 e. The van der Waals surface area contributed by atoms with E-state index in [1.807, 2.05) is 12.1 Å². The fourth-order valence-corrected chi connectivity index (χ4v) is 5.62. The maximum absolute atomic E-state index is 13.2. The number of amides is 2. The van der Waals surface area contributed by atoms with Crippen molar-refractivity contribution < 1.29 is 14.0 Å². The zero-order valence-corrected chi connectivity index (χ0v) is 20.6. The molecule has 8 heteroatoms. The number of carbonyl (C=O) groups is 2. The number of guanidine groups is 1. The second kappa shape index (κ2) is 9.11. The second-order valence-electron chi connectivity index (χ2n) is 9.32. The SMILES string of the molecule is CN=C(NCCCN1C(=O)C2C3C=CC(C3)C2C1=O)NCC1(c2ccc(F)cc2)CC1.I. The van der Waals surface area contributed by atoms with Gasteiger partial charge in [-0.1, -0.05) is 24.3 Å². The van der Waals surface area contributed by atoms with Crippen molar-refractivity contribution in [3.8, 4) is 0 Å². The van der Waals surface area contributed by atoms with Gasteiger partial charge in [0.2, 0.25) is 11.8 Å². The second-order valence-corrected chi connectivity index (χ2v) is 9.32. The van der Waals surface area contributed by atoms with E-state index < -0.39 is 0 Å². The number of aliphatic imine (C=N–C) groups is 1. The molecule has 3 fully saturated rings. The van der Waals surface area contributed by atoms with Crippen LogP contribution in [0.2, 0.25) is 0 Å². The van der Waals surface area contributed by atoms with Crippen molar-refractivity contribution >= 4 is 41.8 Å². The Kier molecular flexibility index (Phi) is 6.61. The average molecular weight is 552 g/mol. The molecule has 1 aromatic carbocycles. The number of nitrogens with zero attached hydrogens (tertiary/aromatic N) is 2. The highest BCUT2D eigenvalue weighted by atomic mass is 127. The molecule has 0 spiro atoms. The Balaban J connectivity index is 0.00000245. The predicted octanol–water partition coefficient (Wildman–Crippen LogP) is 2.84. The molecule has 2 N–H and O–H groups in total. The summed E-state index contributed by atoms with van der Waals surface area (Å²) in [6.45, 7) is 1.81. The summed E-state index contributed by atoms with van der Waals surface area (Å²) >= 11 is 0. The van der Waals surface area contributed by atoms with Gasteiger partial charge in [-0.3, -0.25) is 19.5 Å². The number of likely N-dealkylation sites (tertiary alicyclic amines) is 1. The van der Waals surface area contributed by atoms with Gasteiger partial charge in [-0.05, 0) is 55.2 Å². The molecule has 2 bridgehead atoms. The summed E-state index contributed by atoms with van der Waals surface area (Å²) < 4.78 is 13.2. The Bertz CT molecular complexity index is 914. The van der Waals surface area contributed by atoms with Crippen molar-refractivity contribution in [2.45, 2.75) is 31.1 Å². The molecular weight excluding hydrogens is 522 g/mol. The molecule has 32 heavy (non-hydrogen) atoms. The molecular formula is C24H30FIN4O2. The first-order chi connectivity index (χ1) is 15.0. The molecule has 5 rings (SSSR count). The van der Waals surface area contributed by atoms with Crippen molar-refractivity contribution in [1.82, 2.24) is 15.5 Å². The lowest BCUT2D eigenvalue weighted by molar-refractivity contribution is -0.140. The minimum Gasteiger partial charge on any atom is -0.356 e. The van der Waals surface area contributed by atoms with Crippen LogP contribution in [-0.4, -0.2) is 49.4 Å². The van der Waals surface area contributed by atoms with E-state index in [0.29, 0.717) is 25.5 Å². The molecule has 172 valence electrons. The van der Waals surface area contributed by atoms with Crippen LogP contribution < -0.4 is 10.6 Å². The van der Waals surface area contributed by atoms with Crippen molar-refractivity contribution in [1.29, 1.82) is 0 Å². The highest BCUT2D eigenvalue weighted by Crippen LogP contribution is 2.52. The van der Waals surface area contributed by atoms with Gasteiger partial charge in [-0.2, -0.15) is 0 Å². The van der Waals surface area contributed by atoms with Gasteiger partial charge in [0.1, 0.15) is 5.82 Å². The summed E-state index contributed by atoms with van der Waals surface area (Å²) in [7, 11) is 1.73. The topological polar surface area (TPSA) is 73.8 Å². The molecule has 6 nitrogen and oxygen atoms in total. The van der Waals surface area contributed by atoms with Crippen molar-refractivity contribution in [3.05, 3.63) is 47.8 Å². The highest BCUT2D eigenvalue weighted by molar-refractivity contribution is 14.0. The Hall–Kier alpha value is -1.97. The van der Waals surface area contributed by atoms with E-state index in [0.717, 1.165) is 31.4 Å². The summed E-state index contributed by atoms with van der Waals surface area (Å²) in [6.07, 6.45) is 8.03. The fraction of sp³-hybridized carbons (Fsp3) is 0.542. The summed E-state index contributed by atoms with van der Waals surface area (Å²) in [5.41, 5.74) is 1.20. The third-order valence-electron chi connectivity index (χ3n) is 7.54. The van der Waals surface area contributed by atoms with E-state index in [1.54, 1.807) is 7.05 Å². The van der Waals surface area contributed by atoms with Gasteiger partial charge in [0.05, 0.1) is 11.8 Å². The molecule has 2 saturated carbocycles. The lowest BCUT2D eigenvalue weighted by atomic mass is 9.85. The zero-order valence-electron chi connectivity index (χ0n) is 18.2. The Labute approximate surface area is 205 Å². The number of nitrogens with one attached hydrogen (secondary N) is 2. The molecule has 4 atom stereocenters. The Morgan fingerprint density at radius 3 is 2.28 bits per heavy atom. The number of halogens is 2. The number of fused-ring (bicyclic) bond motifs is 5. The molecule has 1 saturated heterocycles. The maximum atomic E-state index is 13.2. The minimum absolute atomic E-state index is 0. The van der Waals surface area contributed by atoms with E-state index in [1.165, 1.54) is 17.0 Å². The molecule has 2 amide bonds. The van der Waals surface area contributed by atoms with Gasteiger partial charge in [-0.15, -0.1) is 24.0 Å². The number of carbonyl (C=O) groups excluding carboxylic acids is 2. The first-order valence-electron chi connectivity index (χ1n) is 11.3. The predicted molar refractivity (Wildman–Crippen MR) is 131 cm³/mol. The summed E-state index contributed by atoms with van der Waals surface area (Å²) in [5, 5.41) is 6.65. The molecule has 0 aromatic heterocycles. The average Bonchev–Trinajstić information content (AvgIpc) is 3.15. The van der Waals surface area contributed by atoms with Gasteiger partial charge in [0.25, 0.3) is 0 Å². The van der Waals surface area contributed by atoms with E-state index in [-0.39, 0.29) is 70.7 Å². The van der Waals surface area contributed by atoms with Crippen LogP contribution in [0, 0.1) is 29.5 Å². The Morgan fingerprint density at radius 2 is 1.72 bits per heavy atom. The lowest BCUT2D eigenvalue weighted by Crippen LogP contribution is -2.42. The van der Waals surface area contributed by atoms with Crippen LogP contribution in [0.15, 0.2) is 41.4 Å². The largest absolute Gasteiger partial charge is 0.356 e. The number of hydrogen-bond donors (Lipinski definition) is 2. The van der Waals surface area contributed by atoms with Crippen molar-refractivity contribution in [3.63, 3.8) is 0 Å². The van der Waals surface area contributed by atoms with Crippen LogP contribution in [0.25, 0.3) is 0 Å². The normalized spacial score (nSPS) is 29.2.